The molecule has 0 heterocycles. The van der Waals surface area contributed by atoms with Crippen LogP contribution < -0.4 is 9.62 Å². The molecule has 0 aliphatic rings. The van der Waals surface area contributed by atoms with Gasteiger partial charge in [0.15, 0.2) is 0 Å². The van der Waals surface area contributed by atoms with Crippen LogP contribution in [0.25, 0.3) is 0 Å². The van der Waals surface area contributed by atoms with E-state index in [4.69, 9.17) is 0 Å². The van der Waals surface area contributed by atoms with Crippen molar-refractivity contribution in [3.63, 3.8) is 0 Å². The molecule has 0 saturated carbocycles. The summed E-state index contributed by atoms with van der Waals surface area (Å²) in [6, 6.07) is 12.2. The minimum atomic E-state index is -3.65. The fourth-order valence-electron chi connectivity index (χ4n) is 2.99. The molecule has 2 rings (SSSR count). The summed E-state index contributed by atoms with van der Waals surface area (Å²) in [5, 5.41) is 2.93. The molecular formula is C21H28N2O3S2. The first-order chi connectivity index (χ1) is 13.2. The number of hydrogen-bond acceptors (Lipinski definition) is 4. The largest absolute Gasteiger partial charge is 0.323 e. The van der Waals surface area contributed by atoms with Crippen LogP contribution in [0, 0.1) is 13.8 Å². The third-order valence-electron chi connectivity index (χ3n) is 4.52. The number of carbonyl (C=O) groups is 1. The topological polar surface area (TPSA) is 66.5 Å². The molecule has 1 amide bonds. The maximum absolute atomic E-state index is 13.1. The Kier molecular flexibility index (Phi) is 7.55. The Balaban J connectivity index is 2.41. The number of rotatable bonds is 8. The van der Waals surface area contributed by atoms with Gasteiger partial charge < -0.3 is 5.32 Å². The van der Waals surface area contributed by atoms with E-state index in [0.29, 0.717) is 17.8 Å². The quantitative estimate of drug-likeness (QED) is 0.634. The minimum Gasteiger partial charge on any atom is -0.323 e. The number of aryl methyl sites for hydroxylation is 2. The van der Waals surface area contributed by atoms with Crippen LogP contribution in [-0.4, -0.2) is 32.4 Å². The average Bonchev–Trinajstić information content (AvgIpc) is 2.62. The lowest BCUT2D eigenvalue weighted by molar-refractivity contribution is -0.117. The maximum Gasteiger partial charge on any atom is 0.248 e. The SMILES string of the molecule is CCSc1ccccc1NC(=O)[C@H](CC)N(c1ccc(C)c(C)c1)S(C)(=O)=O. The normalized spacial score (nSPS) is 12.5. The highest BCUT2D eigenvalue weighted by molar-refractivity contribution is 7.99. The molecule has 0 saturated heterocycles. The van der Waals surface area contributed by atoms with E-state index in [2.05, 4.69) is 5.32 Å². The van der Waals surface area contributed by atoms with Gasteiger partial charge in [-0.1, -0.05) is 32.0 Å². The zero-order chi connectivity index (χ0) is 20.9. The summed E-state index contributed by atoms with van der Waals surface area (Å²) in [7, 11) is -3.65. The maximum atomic E-state index is 13.1. The summed E-state index contributed by atoms with van der Waals surface area (Å²) >= 11 is 1.63. The Labute approximate surface area is 172 Å². The molecule has 0 aromatic heterocycles. The average molecular weight is 421 g/mol. The predicted octanol–water partition coefficient (Wildman–Crippen LogP) is 4.60. The van der Waals surface area contributed by atoms with E-state index in [1.165, 1.54) is 4.31 Å². The molecule has 0 bridgehead atoms. The number of sulfonamides is 1. The third-order valence-corrected chi connectivity index (χ3v) is 6.66. The summed E-state index contributed by atoms with van der Waals surface area (Å²) in [6.07, 6.45) is 1.49. The number of para-hydroxylation sites is 1. The fourth-order valence-corrected chi connectivity index (χ4v) is 4.95. The molecule has 0 spiro atoms. The van der Waals surface area contributed by atoms with E-state index in [1.54, 1.807) is 17.8 Å². The Morgan fingerprint density at radius 3 is 2.36 bits per heavy atom. The number of hydrogen-bond donors (Lipinski definition) is 1. The molecular weight excluding hydrogens is 392 g/mol. The highest BCUT2D eigenvalue weighted by Crippen LogP contribution is 2.29. The molecule has 2 aromatic carbocycles. The van der Waals surface area contributed by atoms with Gasteiger partial charge in [-0.3, -0.25) is 9.10 Å². The van der Waals surface area contributed by atoms with Crippen molar-refractivity contribution in [2.24, 2.45) is 0 Å². The van der Waals surface area contributed by atoms with E-state index in [9.17, 15) is 13.2 Å². The Morgan fingerprint density at radius 1 is 1.11 bits per heavy atom. The molecule has 5 nitrogen and oxygen atoms in total. The second-order valence-corrected chi connectivity index (χ2v) is 9.84. The Hall–Kier alpha value is -1.99. The predicted molar refractivity (Wildman–Crippen MR) is 119 cm³/mol. The highest BCUT2D eigenvalue weighted by atomic mass is 32.2. The van der Waals surface area contributed by atoms with Gasteiger partial charge in [-0.25, -0.2) is 8.42 Å². The number of carbonyl (C=O) groups excluding carboxylic acids is 1. The van der Waals surface area contributed by atoms with Gasteiger partial charge in [0.1, 0.15) is 6.04 Å². The molecule has 152 valence electrons. The van der Waals surface area contributed by atoms with E-state index in [-0.39, 0.29) is 5.91 Å². The van der Waals surface area contributed by atoms with Crippen molar-refractivity contribution in [2.45, 2.75) is 45.1 Å². The summed E-state index contributed by atoms with van der Waals surface area (Å²) in [6.45, 7) is 7.76. The first kappa shape index (κ1) is 22.3. The van der Waals surface area contributed by atoms with Gasteiger partial charge in [-0.15, -0.1) is 11.8 Å². The summed E-state index contributed by atoms with van der Waals surface area (Å²) < 4.78 is 26.4. The Bertz CT molecular complexity index is 942. The lowest BCUT2D eigenvalue weighted by atomic mass is 10.1. The van der Waals surface area contributed by atoms with Gasteiger partial charge in [0.25, 0.3) is 0 Å². The van der Waals surface area contributed by atoms with Gasteiger partial charge >= 0.3 is 0 Å². The van der Waals surface area contributed by atoms with Gasteiger partial charge in [0.05, 0.1) is 17.6 Å². The molecule has 1 N–H and O–H groups in total. The third kappa shape index (κ3) is 5.29. The van der Waals surface area contributed by atoms with E-state index in [0.717, 1.165) is 28.0 Å². The van der Waals surface area contributed by atoms with Crippen LogP contribution in [0.4, 0.5) is 11.4 Å². The van der Waals surface area contributed by atoms with Crippen LogP contribution in [0.3, 0.4) is 0 Å². The van der Waals surface area contributed by atoms with Crippen molar-refractivity contribution in [1.82, 2.24) is 0 Å². The van der Waals surface area contributed by atoms with E-state index >= 15 is 0 Å². The summed E-state index contributed by atoms with van der Waals surface area (Å²) in [4.78, 5) is 14.1. The van der Waals surface area contributed by atoms with Crippen molar-refractivity contribution < 1.29 is 13.2 Å². The van der Waals surface area contributed by atoms with Gasteiger partial charge in [0.2, 0.25) is 15.9 Å². The highest BCUT2D eigenvalue weighted by Gasteiger charge is 2.32. The summed E-state index contributed by atoms with van der Waals surface area (Å²) in [5.74, 6) is 0.540. The number of benzene rings is 2. The van der Waals surface area contributed by atoms with Crippen molar-refractivity contribution >= 4 is 39.1 Å². The fraction of sp³-hybridized carbons (Fsp3) is 0.381. The minimum absolute atomic E-state index is 0.338. The molecule has 0 unspecified atom stereocenters. The first-order valence-electron chi connectivity index (χ1n) is 9.28. The van der Waals surface area contributed by atoms with Crippen molar-refractivity contribution in [3.05, 3.63) is 53.6 Å². The standard InChI is InChI=1S/C21H28N2O3S2/c1-6-19(21(24)22-18-10-8-9-11-20(18)27-7-2)23(28(5,25)26)17-13-12-15(3)16(4)14-17/h8-14,19H,6-7H2,1-5H3,(H,22,24)/t19-/m0/s1. The molecule has 0 aliphatic heterocycles. The van der Waals surface area contributed by atoms with Gasteiger partial charge in [-0.05, 0) is 61.4 Å². The van der Waals surface area contributed by atoms with Gasteiger partial charge in [0, 0.05) is 4.90 Å². The van der Waals surface area contributed by atoms with Crippen LogP contribution in [0.2, 0.25) is 0 Å². The molecule has 2 aromatic rings. The smallest absolute Gasteiger partial charge is 0.248 e. The lowest BCUT2D eigenvalue weighted by Crippen LogP contribution is -2.47. The zero-order valence-electron chi connectivity index (χ0n) is 17.0. The van der Waals surface area contributed by atoms with Crippen LogP contribution in [0.5, 0.6) is 0 Å². The summed E-state index contributed by atoms with van der Waals surface area (Å²) in [5.41, 5.74) is 3.25. The molecule has 0 radical (unpaired) electrons. The first-order valence-corrected chi connectivity index (χ1v) is 12.1. The number of thioether (sulfide) groups is 1. The zero-order valence-corrected chi connectivity index (χ0v) is 18.7. The second-order valence-electron chi connectivity index (χ2n) is 6.67. The van der Waals surface area contributed by atoms with E-state index < -0.39 is 16.1 Å². The number of nitrogens with zero attached hydrogens (tertiary/aromatic N) is 1. The van der Waals surface area contributed by atoms with Crippen LogP contribution >= 0.6 is 11.8 Å². The molecule has 0 aliphatic carbocycles. The lowest BCUT2D eigenvalue weighted by Gasteiger charge is -2.30. The number of amides is 1. The van der Waals surface area contributed by atoms with Crippen LogP contribution in [0.1, 0.15) is 31.4 Å². The molecule has 7 heteroatoms. The van der Waals surface area contributed by atoms with Crippen LogP contribution in [0.15, 0.2) is 47.4 Å². The van der Waals surface area contributed by atoms with Crippen LogP contribution in [-0.2, 0) is 14.8 Å². The number of anilines is 2. The molecule has 1 atom stereocenters. The number of nitrogens with one attached hydrogen (secondary N) is 1. The molecule has 28 heavy (non-hydrogen) atoms. The van der Waals surface area contributed by atoms with Crippen molar-refractivity contribution in [2.75, 3.05) is 21.6 Å². The second kappa shape index (κ2) is 9.47. The van der Waals surface area contributed by atoms with Crippen molar-refractivity contribution in [3.8, 4) is 0 Å². The van der Waals surface area contributed by atoms with Gasteiger partial charge in [-0.2, -0.15) is 0 Å². The Morgan fingerprint density at radius 2 is 1.79 bits per heavy atom. The van der Waals surface area contributed by atoms with Crippen molar-refractivity contribution in [1.29, 1.82) is 0 Å². The monoisotopic (exact) mass is 420 g/mol. The molecule has 0 fully saturated rings. The van der Waals surface area contributed by atoms with E-state index in [1.807, 2.05) is 64.1 Å².